The van der Waals surface area contributed by atoms with Crippen molar-refractivity contribution in [1.82, 2.24) is 14.9 Å². The van der Waals surface area contributed by atoms with Gasteiger partial charge in [-0.25, -0.2) is 4.98 Å². The van der Waals surface area contributed by atoms with Gasteiger partial charge in [-0.05, 0) is 36.4 Å². The minimum atomic E-state index is 0.184. The Morgan fingerprint density at radius 2 is 2.00 bits per heavy atom. The quantitative estimate of drug-likeness (QED) is 0.544. The summed E-state index contributed by atoms with van der Waals surface area (Å²) in [6.45, 7) is 3.00. The molecule has 6 heteroatoms. The van der Waals surface area contributed by atoms with E-state index in [-0.39, 0.29) is 5.75 Å². The highest BCUT2D eigenvalue weighted by atomic mass is 32.1. The molecular weight excluding hydrogens is 382 g/mol. The van der Waals surface area contributed by atoms with E-state index in [4.69, 9.17) is 9.72 Å². The number of aromatic hydroxyl groups is 1. The van der Waals surface area contributed by atoms with Gasteiger partial charge in [0.05, 0.1) is 10.2 Å². The smallest absolute Gasteiger partial charge is 0.165 e. The summed E-state index contributed by atoms with van der Waals surface area (Å²) in [6.07, 6.45) is 2.72. The maximum atomic E-state index is 10.6. The van der Waals surface area contributed by atoms with Gasteiger partial charge < -0.3 is 9.84 Å². The van der Waals surface area contributed by atoms with E-state index in [2.05, 4.69) is 28.1 Å². The molecule has 0 bridgehead atoms. The molecule has 4 aromatic rings. The molecule has 29 heavy (non-hydrogen) atoms. The molecule has 0 aliphatic carbocycles. The van der Waals surface area contributed by atoms with Crippen molar-refractivity contribution in [3.05, 3.63) is 72.1 Å². The standard InChI is InChI=1S/C23H21N3O2S/c27-20-14-16(23-25-19-6-1-2-7-21(19)29-23)13-17-15-26(11-12-28-22(17)20)10-8-18-5-3-4-9-24-18/h1-7,9,13-14,27H,8,10-12,15H2. The van der Waals surface area contributed by atoms with Crippen molar-refractivity contribution in [2.24, 2.45) is 0 Å². The molecule has 5 nitrogen and oxygen atoms in total. The molecule has 0 spiro atoms. The fourth-order valence-electron chi connectivity index (χ4n) is 3.68. The van der Waals surface area contributed by atoms with Gasteiger partial charge in [0.1, 0.15) is 11.6 Å². The van der Waals surface area contributed by atoms with Crippen LogP contribution in [-0.4, -0.2) is 39.7 Å². The molecule has 146 valence electrons. The molecule has 0 saturated carbocycles. The van der Waals surface area contributed by atoms with E-state index in [9.17, 15) is 5.11 Å². The number of para-hydroxylation sites is 1. The Morgan fingerprint density at radius 3 is 2.86 bits per heavy atom. The zero-order valence-corrected chi connectivity index (χ0v) is 16.7. The third-order valence-corrected chi connectivity index (χ3v) is 6.23. The Bertz CT molecular complexity index is 1110. The van der Waals surface area contributed by atoms with E-state index in [0.717, 1.165) is 58.1 Å². The van der Waals surface area contributed by atoms with Crippen LogP contribution in [0.2, 0.25) is 0 Å². The number of pyridine rings is 1. The number of aromatic nitrogens is 2. The molecule has 0 unspecified atom stereocenters. The van der Waals surface area contributed by atoms with Crippen LogP contribution in [0.15, 0.2) is 60.8 Å². The molecule has 0 fully saturated rings. The fraction of sp³-hybridized carbons (Fsp3) is 0.217. The number of benzene rings is 2. The molecule has 5 rings (SSSR count). The van der Waals surface area contributed by atoms with E-state index in [1.54, 1.807) is 17.4 Å². The first-order valence-electron chi connectivity index (χ1n) is 9.73. The Morgan fingerprint density at radius 1 is 1.10 bits per heavy atom. The second kappa shape index (κ2) is 7.81. The monoisotopic (exact) mass is 403 g/mol. The lowest BCUT2D eigenvalue weighted by molar-refractivity contribution is 0.224. The highest BCUT2D eigenvalue weighted by molar-refractivity contribution is 7.21. The summed E-state index contributed by atoms with van der Waals surface area (Å²) in [5.74, 6) is 0.776. The molecule has 0 saturated heterocycles. The maximum Gasteiger partial charge on any atom is 0.165 e. The second-order valence-corrected chi connectivity index (χ2v) is 8.20. The van der Waals surface area contributed by atoms with Gasteiger partial charge in [0, 0.05) is 49.1 Å². The van der Waals surface area contributed by atoms with Crippen molar-refractivity contribution in [3.8, 4) is 22.1 Å². The van der Waals surface area contributed by atoms with Gasteiger partial charge in [0.15, 0.2) is 11.5 Å². The van der Waals surface area contributed by atoms with Crippen LogP contribution in [0.5, 0.6) is 11.5 Å². The van der Waals surface area contributed by atoms with E-state index in [0.29, 0.717) is 12.4 Å². The lowest BCUT2D eigenvalue weighted by atomic mass is 10.1. The van der Waals surface area contributed by atoms with E-state index < -0.39 is 0 Å². The summed E-state index contributed by atoms with van der Waals surface area (Å²) in [5, 5.41) is 11.5. The largest absolute Gasteiger partial charge is 0.504 e. The summed E-state index contributed by atoms with van der Waals surface area (Å²) in [5.41, 5.74) is 3.99. The van der Waals surface area contributed by atoms with E-state index in [1.807, 2.05) is 36.5 Å². The molecule has 2 aromatic carbocycles. The number of thiazole rings is 1. The Labute approximate surface area is 173 Å². The Balaban J connectivity index is 1.42. The van der Waals surface area contributed by atoms with Crippen molar-refractivity contribution < 1.29 is 9.84 Å². The SMILES string of the molecule is Oc1cc(-c2nc3ccccc3s2)cc2c1OCCN(CCc1ccccn1)C2. The van der Waals surface area contributed by atoms with Crippen LogP contribution < -0.4 is 4.74 Å². The van der Waals surface area contributed by atoms with E-state index >= 15 is 0 Å². The van der Waals surface area contributed by atoms with Crippen LogP contribution in [0.3, 0.4) is 0 Å². The summed E-state index contributed by atoms with van der Waals surface area (Å²) in [4.78, 5) is 11.5. The van der Waals surface area contributed by atoms with Crippen molar-refractivity contribution in [3.63, 3.8) is 0 Å². The average Bonchev–Trinajstić information content (AvgIpc) is 3.07. The highest BCUT2D eigenvalue weighted by Crippen LogP contribution is 2.39. The van der Waals surface area contributed by atoms with Gasteiger partial charge in [-0.15, -0.1) is 11.3 Å². The summed E-state index contributed by atoms with van der Waals surface area (Å²) in [6, 6.07) is 18.0. The van der Waals surface area contributed by atoms with Crippen molar-refractivity contribution in [1.29, 1.82) is 0 Å². The van der Waals surface area contributed by atoms with E-state index in [1.165, 1.54) is 0 Å². The minimum Gasteiger partial charge on any atom is -0.504 e. The number of hydrogen-bond donors (Lipinski definition) is 1. The topological polar surface area (TPSA) is 58.5 Å². The molecule has 3 heterocycles. The maximum absolute atomic E-state index is 10.6. The van der Waals surface area contributed by atoms with Crippen LogP contribution in [0.4, 0.5) is 0 Å². The number of hydrogen-bond acceptors (Lipinski definition) is 6. The van der Waals surface area contributed by atoms with Crippen LogP contribution in [0.25, 0.3) is 20.8 Å². The minimum absolute atomic E-state index is 0.184. The lowest BCUT2D eigenvalue weighted by Gasteiger charge is -2.19. The van der Waals surface area contributed by atoms with Crippen molar-refractivity contribution >= 4 is 21.6 Å². The lowest BCUT2D eigenvalue weighted by Crippen LogP contribution is -2.28. The number of ether oxygens (including phenoxy) is 1. The van der Waals surface area contributed by atoms with Gasteiger partial charge >= 0.3 is 0 Å². The molecule has 1 aliphatic rings. The Hall–Kier alpha value is -2.96. The van der Waals surface area contributed by atoms with Crippen molar-refractivity contribution in [2.75, 3.05) is 19.7 Å². The molecule has 0 radical (unpaired) electrons. The molecule has 0 amide bonds. The first-order chi connectivity index (χ1) is 14.3. The van der Waals surface area contributed by atoms with Gasteiger partial charge in [0.25, 0.3) is 0 Å². The molecule has 1 aliphatic heterocycles. The number of nitrogens with zero attached hydrogens (tertiary/aromatic N) is 3. The van der Waals surface area contributed by atoms with Gasteiger partial charge in [-0.3, -0.25) is 9.88 Å². The predicted octanol–water partition coefficient (Wildman–Crippen LogP) is 4.50. The first-order valence-corrected chi connectivity index (χ1v) is 10.5. The zero-order valence-electron chi connectivity index (χ0n) is 15.9. The van der Waals surface area contributed by atoms with Crippen LogP contribution in [0, 0.1) is 0 Å². The van der Waals surface area contributed by atoms with Gasteiger partial charge in [-0.2, -0.15) is 0 Å². The number of fused-ring (bicyclic) bond motifs is 2. The third kappa shape index (κ3) is 3.81. The second-order valence-electron chi connectivity index (χ2n) is 7.17. The summed E-state index contributed by atoms with van der Waals surface area (Å²) >= 11 is 1.64. The number of phenolic OH excluding ortho intramolecular Hbond substituents is 1. The normalized spacial score (nSPS) is 14.3. The molecule has 0 atom stereocenters. The van der Waals surface area contributed by atoms with Crippen LogP contribution in [0.1, 0.15) is 11.3 Å². The van der Waals surface area contributed by atoms with Gasteiger partial charge in [0.2, 0.25) is 0 Å². The Kier molecular flexibility index (Phi) is 4.87. The number of phenols is 1. The van der Waals surface area contributed by atoms with Crippen molar-refractivity contribution in [2.45, 2.75) is 13.0 Å². The number of rotatable bonds is 4. The summed E-state index contributed by atoms with van der Waals surface area (Å²) < 4.78 is 7.03. The molecule has 2 aromatic heterocycles. The summed E-state index contributed by atoms with van der Waals surface area (Å²) in [7, 11) is 0. The van der Waals surface area contributed by atoms with Gasteiger partial charge in [-0.1, -0.05) is 18.2 Å². The predicted molar refractivity (Wildman–Crippen MR) is 115 cm³/mol. The third-order valence-electron chi connectivity index (χ3n) is 5.15. The van der Waals surface area contributed by atoms with Crippen LogP contribution in [-0.2, 0) is 13.0 Å². The molecule has 1 N–H and O–H groups in total. The fourth-order valence-corrected chi connectivity index (χ4v) is 4.63. The molecular formula is C23H21N3O2S. The highest BCUT2D eigenvalue weighted by Gasteiger charge is 2.20. The zero-order chi connectivity index (χ0) is 19.6. The average molecular weight is 404 g/mol. The van der Waals surface area contributed by atoms with Crippen LogP contribution >= 0.6 is 11.3 Å². The first kappa shape index (κ1) is 18.1.